The van der Waals surface area contributed by atoms with Crippen molar-refractivity contribution in [3.05, 3.63) is 58.3 Å². The van der Waals surface area contributed by atoms with Crippen molar-refractivity contribution in [1.29, 1.82) is 0 Å². The molecule has 0 saturated heterocycles. The predicted octanol–water partition coefficient (Wildman–Crippen LogP) is 4.52. The zero-order chi connectivity index (χ0) is 20.3. The molecule has 6 nitrogen and oxygen atoms in total. The number of halogens is 1. The maximum absolute atomic E-state index is 13.0. The average molecular weight is 397 g/mol. The molecule has 1 fully saturated rings. The molecule has 2 aromatic heterocycles. The topological polar surface area (TPSA) is 59.7 Å². The number of rotatable bonds is 3. The van der Waals surface area contributed by atoms with Gasteiger partial charge in [-0.1, -0.05) is 45.9 Å². The summed E-state index contributed by atoms with van der Waals surface area (Å²) < 4.78 is 6.26. The molecule has 0 aromatic carbocycles. The summed E-state index contributed by atoms with van der Waals surface area (Å²) in [7, 11) is 0. The quantitative estimate of drug-likeness (QED) is 0.716. The van der Waals surface area contributed by atoms with Crippen LogP contribution in [0, 0.1) is 17.4 Å². The maximum atomic E-state index is 13.0. The molecule has 0 spiro atoms. The van der Waals surface area contributed by atoms with E-state index >= 15 is 0 Å². The maximum Gasteiger partial charge on any atom is 0.288 e. The molecule has 4 rings (SSSR count). The molecule has 1 amide bonds. The summed E-state index contributed by atoms with van der Waals surface area (Å²) >= 11 is 6.10. The van der Waals surface area contributed by atoms with Crippen LogP contribution in [0.1, 0.15) is 43.7 Å². The van der Waals surface area contributed by atoms with E-state index < -0.39 is 0 Å². The molecule has 2 aromatic rings. The first-order valence-corrected chi connectivity index (χ1v) is 9.50. The molecule has 0 atom stereocenters. The van der Waals surface area contributed by atoms with Crippen molar-refractivity contribution in [2.45, 2.75) is 46.4 Å². The van der Waals surface area contributed by atoms with Gasteiger partial charge in [0.05, 0.1) is 22.8 Å². The van der Waals surface area contributed by atoms with Gasteiger partial charge in [0.1, 0.15) is 6.10 Å². The van der Waals surface area contributed by atoms with E-state index in [1.165, 1.54) is 6.20 Å². The van der Waals surface area contributed by atoms with Crippen molar-refractivity contribution in [2.24, 2.45) is 10.8 Å². The van der Waals surface area contributed by atoms with Crippen LogP contribution in [-0.2, 0) is 6.54 Å². The molecule has 0 unspecified atom stereocenters. The fourth-order valence-electron chi connectivity index (χ4n) is 5.27. The zero-order valence-corrected chi connectivity index (χ0v) is 17.0. The van der Waals surface area contributed by atoms with Crippen molar-refractivity contribution in [1.82, 2.24) is 14.9 Å². The van der Waals surface area contributed by atoms with Gasteiger partial charge in [-0.3, -0.25) is 9.78 Å². The number of carbonyl (C=O) groups excluding carboxylic acids is 1. The largest absolute Gasteiger partial charge is 0.485 e. The van der Waals surface area contributed by atoms with Gasteiger partial charge in [-0.05, 0) is 18.2 Å². The highest BCUT2D eigenvalue weighted by molar-refractivity contribution is 6.33. The first-order valence-electron chi connectivity index (χ1n) is 9.12. The zero-order valence-electron chi connectivity index (χ0n) is 16.2. The van der Waals surface area contributed by atoms with E-state index in [-0.39, 0.29) is 39.7 Å². The van der Waals surface area contributed by atoms with Gasteiger partial charge in [0, 0.05) is 23.1 Å². The van der Waals surface area contributed by atoms with E-state index in [1.54, 1.807) is 18.3 Å². The lowest BCUT2D eigenvalue weighted by molar-refractivity contribution is -0.199. The summed E-state index contributed by atoms with van der Waals surface area (Å²) in [5.74, 6) is 0.713. The number of fused-ring (bicyclic) bond motifs is 1. The highest BCUT2D eigenvalue weighted by Gasteiger charge is 2.67. The summed E-state index contributed by atoms with van der Waals surface area (Å²) in [6.07, 6.45) is 3.10. The number of ether oxygens (including phenoxy) is 1. The first-order chi connectivity index (χ1) is 13.2. The first kappa shape index (κ1) is 18.7. The molecule has 3 heterocycles. The lowest BCUT2D eigenvalue weighted by Gasteiger charge is -2.65. The summed E-state index contributed by atoms with van der Waals surface area (Å²) in [5, 5.41) is 0.273. The van der Waals surface area contributed by atoms with Crippen LogP contribution in [0.2, 0.25) is 5.02 Å². The Balaban J connectivity index is 1.60. The Labute approximate surface area is 169 Å². The van der Waals surface area contributed by atoms with E-state index in [0.717, 1.165) is 5.69 Å². The van der Waals surface area contributed by atoms with Gasteiger partial charge in [-0.15, -0.1) is 4.98 Å². The Morgan fingerprint density at radius 2 is 2.00 bits per heavy atom. The molecular weight excluding hydrogens is 376 g/mol. The SMILES string of the molecule is [C-]#[N+]c1ncc(OC2C(C)(C)C(N3Cc4ncccc4C3=O)C2(C)C)cc1Cl. The van der Waals surface area contributed by atoms with Crippen molar-refractivity contribution < 1.29 is 9.53 Å². The van der Waals surface area contributed by atoms with E-state index in [1.807, 2.05) is 11.0 Å². The van der Waals surface area contributed by atoms with Crippen LogP contribution in [0.15, 0.2) is 30.6 Å². The highest BCUT2D eigenvalue weighted by atomic mass is 35.5. The summed E-state index contributed by atoms with van der Waals surface area (Å²) in [6, 6.07) is 5.26. The second-order valence-corrected chi connectivity index (χ2v) is 8.97. The van der Waals surface area contributed by atoms with E-state index in [9.17, 15) is 4.79 Å². The molecular formula is C21H21ClN4O2. The minimum atomic E-state index is -0.286. The van der Waals surface area contributed by atoms with Gasteiger partial charge in [0.15, 0.2) is 11.9 Å². The van der Waals surface area contributed by atoms with Gasteiger partial charge in [-0.2, -0.15) is 0 Å². The van der Waals surface area contributed by atoms with Gasteiger partial charge < -0.3 is 14.5 Å². The normalized spacial score (nSPS) is 24.3. The minimum absolute atomic E-state index is 0.00218. The summed E-state index contributed by atoms with van der Waals surface area (Å²) in [6.45, 7) is 16.0. The van der Waals surface area contributed by atoms with Crippen molar-refractivity contribution >= 4 is 23.3 Å². The summed E-state index contributed by atoms with van der Waals surface area (Å²) in [4.78, 5) is 26.6. The van der Waals surface area contributed by atoms with Crippen molar-refractivity contribution in [2.75, 3.05) is 0 Å². The predicted molar refractivity (Wildman–Crippen MR) is 105 cm³/mol. The number of carbonyl (C=O) groups is 1. The minimum Gasteiger partial charge on any atom is -0.485 e. The van der Waals surface area contributed by atoms with E-state index in [4.69, 9.17) is 22.9 Å². The number of aromatic nitrogens is 2. The fraction of sp³-hybridized carbons (Fsp3) is 0.429. The summed E-state index contributed by atoms with van der Waals surface area (Å²) in [5.41, 5.74) is 0.941. The molecule has 0 N–H and O–H groups in total. The Hall–Kier alpha value is -2.65. The molecule has 28 heavy (non-hydrogen) atoms. The average Bonchev–Trinajstić information content (AvgIpc) is 2.95. The van der Waals surface area contributed by atoms with Gasteiger partial charge in [0.25, 0.3) is 11.7 Å². The Kier molecular flexibility index (Phi) is 4.13. The van der Waals surface area contributed by atoms with Crippen LogP contribution in [0.5, 0.6) is 5.75 Å². The smallest absolute Gasteiger partial charge is 0.288 e. The third kappa shape index (κ3) is 2.57. The van der Waals surface area contributed by atoms with Gasteiger partial charge >= 0.3 is 0 Å². The third-order valence-electron chi connectivity index (χ3n) is 5.93. The highest BCUT2D eigenvalue weighted by Crippen LogP contribution is 2.59. The van der Waals surface area contributed by atoms with Crippen molar-refractivity contribution in [3.8, 4) is 5.75 Å². The fourth-order valence-corrected chi connectivity index (χ4v) is 5.46. The van der Waals surface area contributed by atoms with E-state index in [2.05, 4.69) is 42.5 Å². The lowest BCUT2D eigenvalue weighted by Crippen LogP contribution is -2.74. The molecule has 1 saturated carbocycles. The molecule has 7 heteroatoms. The number of nitrogens with zero attached hydrogens (tertiary/aromatic N) is 4. The Morgan fingerprint density at radius 1 is 1.29 bits per heavy atom. The Morgan fingerprint density at radius 3 is 2.61 bits per heavy atom. The molecule has 1 aliphatic heterocycles. The standard InChI is InChI=1S/C21H21ClN4O2/c1-20(2)18(26-11-15-13(17(26)27)7-6-8-24-15)21(3,4)19(20)28-12-9-14(22)16(23-5)25-10-12/h6-10,18-19H,11H2,1-4H3. The molecule has 0 radical (unpaired) electrons. The van der Waals surface area contributed by atoms with Crippen LogP contribution in [0.4, 0.5) is 5.82 Å². The van der Waals surface area contributed by atoms with Gasteiger partial charge in [0.2, 0.25) is 0 Å². The lowest BCUT2D eigenvalue weighted by atomic mass is 9.49. The van der Waals surface area contributed by atoms with Crippen LogP contribution in [0.25, 0.3) is 4.85 Å². The van der Waals surface area contributed by atoms with E-state index in [0.29, 0.717) is 17.9 Å². The van der Waals surface area contributed by atoms with Gasteiger partial charge in [-0.25, -0.2) is 0 Å². The van der Waals surface area contributed by atoms with Crippen LogP contribution >= 0.6 is 11.6 Å². The van der Waals surface area contributed by atoms with Crippen LogP contribution < -0.4 is 4.74 Å². The number of pyridine rings is 2. The second-order valence-electron chi connectivity index (χ2n) is 8.56. The number of amides is 1. The second kappa shape index (κ2) is 6.18. The molecule has 0 bridgehead atoms. The van der Waals surface area contributed by atoms with Crippen LogP contribution in [0.3, 0.4) is 0 Å². The third-order valence-corrected chi connectivity index (χ3v) is 6.21. The number of hydrogen-bond donors (Lipinski definition) is 0. The van der Waals surface area contributed by atoms with Crippen LogP contribution in [-0.4, -0.2) is 32.9 Å². The Bertz CT molecular complexity index is 996. The van der Waals surface area contributed by atoms with Crippen molar-refractivity contribution in [3.63, 3.8) is 0 Å². The monoisotopic (exact) mass is 396 g/mol. The number of hydrogen-bond acceptors (Lipinski definition) is 4. The molecule has 1 aliphatic carbocycles. The molecule has 144 valence electrons. The molecule has 2 aliphatic rings.